The predicted octanol–water partition coefficient (Wildman–Crippen LogP) is 2.38. The lowest BCUT2D eigenvalue weighted by molar-refractivity contribution is -0.686. The first-order valence-corrected chi connectivity index (χ1v) is 8.11. The second-order valence-corrected chi connectivity index (χ2v) is 5.40. The monoisotopic (exact) mass is 306 g/mol. The highest BCUT2D eigenvalue weighted by Gasteiger charge is 1.95. The van der Waals surface area contributed by atoms with Crippen LogP contribution in [0.5, 0.6) is 0 Å². The fraction of sp³-hybridized carbons (Fsp3) is 0.143. The Labute approximate surface area is 139 Å². The Morgan fingerprint density at radius 3 is 1.17 bits per heavy atom. The molecule has 0 amide bonds. The molecule has 0 heterocycles. The van der Waals surface area contributed by atoms with Crippen LogP contribution in [-0.4, -0.2) is 0 Å². The highest BCUT2D eigenvalue weighted by molar-refractivity contribution is 5.14. The number of rotatable bonds is 5. The van der Waals surface area contributed by atoms with E-state index in [-0.39, 0.29) is 0 Å². The Balaban J connectivity index is 0.000000203. The number of nitrogens with two attached hydrogens (primary N) is 1. The number of hydrogen-bond acceptors (Lipinski definition) is 0. The van der Waals surface area contributed by atoms with Gasteiger partial charge in [-0.1, -0.05) is 91.0 Å². The minimum Gasteiger partial charge on any atom is -0.354 e. The molecule has 3 aromatic carbocycles. The van der Waals surface area contributed by atoms with Crippen molar-refractivity contribution in [2.75, 3.05) is 0 Å². The van der Waals surface area contributed by atoms with Crippen LogP contribution in [0, 0.1) is 0 Å². The molecule has 0 spiro atoms. The molecular weight excluding hydrogens is 280 g/mol. The van der Waals surface area contributed by atoms with Crippen molar-refractivity contribution in [3.05, 3.63) is 108 Å². The smallest absolute Gasteiger partial charge is 0.101 e. The zero-order valence-corrected chi connectivity index (χ0v) is 13.6. The molecule has 0 aliphatic heterocycles. The molecule has 0 unspecified atom stereocenters. The van der Waals surface area contributed by atoms with Crippen LogP contribution < -0.4 is 11.1 Å². The summed E-state index contributed by atoms with van der Waals surface area (Å²) in [5, 5.41) is 2.32. The molecule has 0 radical (unpaired) electrons. The summed E-state index contributed by atoms with van der Waals surface area (Å²) in [7, 11) is 0. The molecule has 2 nitrogen and oxygen atoms in total. The average Bonchev–Trinajstić information content (AvgIpc) is 2.65. The summed E-state index contributed by atoms with van der Waals surface area (Å²) < 4.78 is 0. The van der Waals surface area contributed by atoms with Gasteiger partial charge in [0.25, 0.3) is 0 Å². The lowest BCUT2D eigenvalue weighted by Gasteiger charge is -2.01. The molecule has 0 atom stereocenters. The van der Waals surface area contributed by atoms with Crippen LogP contribution in [0.4, 0.5) is 0 Å². The SMILES string of the molecule is [NH3+]Cc1ccccc1.c1ccc(C[NH2+]Cc2ccccc2)cc1. The highest BCUT2D eigenvalue weighted by Crippen LogP contribution is 1.97. The van der Waals surface area contributed by atoms with Gasteiger partial charge in [0.2, 0.25) is 0 Å². The van der Waals surface area contributed by atoms with Gasteiger partial charge in [-0.25, -0.2) is 0 Å². The van der Waals surface area contributed by atoms with Gasteiger partial charge >= 0.3 is 0 Å². The predicted molar refractivity (Wildman–Crippen MR) is 95.3 cm³/mol. The summed E-state index contributed by atoms with van der Waals surface area (Å²) in [5.41, 5.74) is 7.82. The first-order chi connectivity index (χ1) is 11.4. The van der Waals surface area contributed by atoms with Crippen molar-refractivity contribution in [1.29, 1.82) is 0 Å². The summed E-state index contributed by atoms with van der Waals surface area (Å²) in [5.74, 6) is 0. The van der Waals surface area contributed by atoms with Crippen LogP contribution in [0.3, 0.4) is 0 Å². The van der Waals surface area contributed by atoms with Crippen LogP contribution >= 0.6 is 0 Å². The fourth-order valence-electron chi connectivity index (χ4n) is 2.28. The van der Waals surface area contributed by atoms with Gasteiger partial charge in [0.1, 0.15) is 13.1 Å². The lowest BCUT2D eigenvalue weighted by Crippen LogP contribution is -2.80. The Morgan fingerprint density at radius 1 is 0.522 bits per heavy atom. The topological polar surface area (TPSA) is 44.2 Å². The van der Waals surface area contributed by atoms with E-state index in [0.717, 1.165) is 19.6 Å². The van der Waals surface area contributed by atoms with E-state index in [1.165, 1.54) is 16.7 Å². The van der Waals surface area contributed by atoms with E-state index in [2.05, 4.69) is 83.8 Å². The summed E-state index contributed by atoms with van der Waals surface area (Å²) in [6.45, 7) is 2.99. The molecule has 0 aromatic heterocycles. The van der Waals surface area contributed by atoms with E-state index >= 15 is 0 Å². The summed E-state index contributed by atoms with van der Waals surface area (Å²) in [4.78, 5) is 0. The van der Waals surface area contributed by atoms with Crippen molar-refractivity contribution in [3.63, 3.8) is 0 Å². The molecule has 2 heteroatoms. The second-order valence-electron chi connectivity index (χ2n) is 5.40. The maximum Gasteiger partial charge on any atom is 0.101 e. The largest absolute Gasteiger partial charge is 0.354 e. The molecule has 0 fully saturated rings. The van der Waals surface area contributed by atoms with Gasteiger partial charge in [-0.15, -0.1) is 0 Å². The Bertz CT molecular complexity index is 597. The summed E-state index contributed by atoms with van der Waals surface area (Å²) >= 11 is 0. The van der Waals surface area contributed by atoms with E-state index < -0.39 is 0 Å². The molecular formula is C21H26N2+2. The van der Waals surface area contributed by atoms with Crippen molar-refractivity contribution < 1.29 is 11.1 Å². The molecule has 0 aliphatic carbocycles. The number of quaternary nitrogens is 2. The van der Waals surface area contributed by atoms with Gasteiger partial charge in [-0.2, -0.15) is 0 Å². The second kappa shape index (κ2) is 10.3. The summed E-state index contributed by atoms with van der Waals surface area (Å²) in [6.07, 6.45) is 0. The zero-order chi connectivity index (χ0) is 16.2. The highest BCUT2D eigenvalue weighted by atomic mass is 14.8. The number of benzene rings is 3. The van der Waals surface area contributed by atoms with Crippen LogP contribution in [0.15, 0.2) is 91.0 Å². The summed E-state index contributed by atoms with van der Waals surface area (Å²) in [6, 6.07) is 31.4. The molecule has 3 rings (SSSR count). The lowest BCUT2D eigenvalue weighted by atomic mass is 10.2. The average molecular weight is 306 g/mol. The molecule has 118 valence electrons. The van der Waals surface area contributed by atoms with Gasteiger partial charge in [-0.3, -0.25) is 0 Å². The van der Waals surface area contributed by atoms with Crippen LogP contribution in [0.1, 0.15) is 16.7 Å². The van der Waals surface area contributed by atoms with Crippen LogP contribution in [0.2, 0.25) is 0 Å². The Hall–Kier alpha value is -2.42. The van der Waals surface area contributed by atoms with E-state index in [4.69, 9.17) is 0 Å². The minimum absolute atomic E-state index is 0.890. The first kappa shape index (κ1) is 16.9. The molecule has 0 aliphatic rings. The van der Waals surface area contributed by atoms with E-state index in [0.29, 0.717) is 0 Å². The van der Waals surface area contributed by atoms with Crippen molar-refractivity contribution in [2.45, 2.75) is 19.6 Å². The van der Waals surface area contributed by atoms with Crippen molar-refractivity contribution >= 4 is 0 Å². The molecule has 0 bridgehead atoms. The number of hydrogen-bond donors (Lipinski definition) is 2. The normalized spacial score (nSPS) is 9.78. The van der Waals surface area contributed by atoms with E-state index in [1.54, 1.807) is 0 Å². The van der Waals surface area contributed by atoms with Gasteiger partial charge in [0, 0.05) is 16.7 Å². The Kier molecular flexibility index (Phi) is 7.61. The van der Waals surface area contributed by atoms with Crippen molar-refractivity contribution in [1.82, 2.24) is 0 Å². The van der Waals surface area contributed by atoms with Gasteiger partial charge in [0.05, 0.1) is 6.54 Å². The van der Waals surface area contributed by atoms with E-state index in [9.17, 15) is 0 Å². The molecule has 23 heavy (non-hydrogen) atoms. The van der Waals surface area contributed by atoms with E-state index in [1.807, 2.05) is 18.2 Å². The molecule has 5 N–H and O–H groups in total. The van der Waals surface area contributed by atoms with Gasteiger partial charge < -0.3 is 11.1 Å². The molecule has 3 aromatic rings. The third-order valence-corrected chi connectivity index (χ3v) is 3.58. The first-order valence-electron chi connectivity index (χ1n) is 8.11. The molecule has 0 saturated heterocycles. The van der Waals surface area contributed by atoms with Crippen molar-refractivity contribution in [3.8, 4) is 0 Å². The Morgan fingerprint density at radius 2 is 0.870 bits per heavy atom. The maximum atomic E-state index is 3.76. The minimum atomic E-state index is 0.890. The van der Waals surface area contributed by atoms with Gasteiger partial charge in [-0.05, 0) is 0 Å². The fourth-order valence-corrected chi connectivity index (χ4v) is 2.28. The van der Waals surface area contributed by atoms with Crippen LogP contribution in [-0.2, 0) is 19.6 Å². The quantitative estimate of drug-likeness (QED) is 0.727. The molecule has 0 saturated carbocycles. The zero-order valence-electron chi connectivity index (χ0n) is 13.6. The third-order valence-electron chi connectivity index (χ3n) is 3.58. The van der Waals surface area contributed by atoms with Crippen LogP contribution in [0.25, 0.3) is 0 Å². The maximum absolute atomic E-state index is 3.76. The standard InChI is InChI=1S/C14H15N.C7H9N/c1-3-7-13(8-4-1)11-15-12-14-9-5-2-6-10-14;8-6-7-4-2-1-3-5-7/h1-10,15H,11-12H2;1-5H,6,8H2/p+2. The van der Waals surface area contributed by atoms with Gasteiger partial charge in [0.15, 0.2) is 0 Å². The van der Waals surface area contributed by atoms with Crippen molar-refractivity contribution in [2.24, 2.45) is 0 Å². The third kappa shape index (κ3) is 6.92.